The van der Waals surface area contributed by atoms with Crippen LogP contribution in [-0.4, -0.2) is 25.3 Å². The maximum atomic E-state index is 5.79. The molecule has 1 aromatic rings. The van der Waals surface area contributed by atoms with Crippen LogP contribution in [0.1, 0.15) is 39.4 Å². The first-order chi connectivity index (χ1) is 8.31. The molecule has 0 amide bonds. The fourth-order valence-electron chi connectivity index (χ4n) is 2.04. The van der Waals surface area contributed by atoms with Gasteiger partial charge in [0.2, 0.25) is 0 Å². The number of rotatable bonds is 9. The highest BCUT2D eigenvalue weighted by atomic mass is 16.5. The summed E-state index contributed by atoms with van der Waals surface area (Å²) in [5, 5.41) is 3.56. The molecule has 2 atom stereocenters. The van der Waals surface area contributed by atoms with Crippen molar-refractivity contribution in [1.82, 2.24) is 5.32 Å². The minimum atomic E-state index is 0.261. The SMILES string of the molecule is CCCNC(Cc1ccco1)C(CC)OCC. The molecule has 0 bridgehead atoms. The molecule has 0 fully saturated rings. The molecule has 0 aliphatic heterocycles. The molecule has 0 radical (unpaired) electrons. The zero-order valence-electron chi connectivity index (χ0n) is 11.2. The first-order valence-electron chi connectivity index (χ1n) is 6.69. The Morgan fingerprint density at radius 2 is 2.18 bits per heavy atom. The van der Waals surface area contributed by atoms with Gasteiger partial charge in [0, 0.05) is 19.1 Å². The Bertz CT molecular complexity index is 272. The highest BCUT2D eigenvalue weighted by molar-refractivity contribution is 5.01. The zero-order valence-corrected chi connectivity index (χ0v) is 11.2. The third kappa shape index (κ3) is 4.92. The van der Waals surface area contributed by atoms with Crippen molar-refractivity contribution in [3.8, 4) is 0 Å². The standard InChI is InChI=1S/C14H25NO2/c1-4-9-15-13(14(5-2)16-6-3)11-12-8-7-10-17-12/h7-8,10,13-15H,4-6,9,11H2,1-3H3. The molecule has 1 rings (SSSR count). The van der Waals surface area contributed by atoms with Crippen molar-refractivity contribution in [2.24, 2.45) is 0 Å². The molecule has 0 saturated heterocycles. The Hall–Kier alpha value is -0.800. The van der Waals surface area contributed by atoms with E-state index in [9.17, 15) is 0 Å². The van der Waals surface area contributed by atoms with Gasteiger partial charge < -0.3 is 14.5 Å². The van der Waals surface area contributed by atoms with Crippen LogP contribution in [0.3, 0.4) is 0 Å². The molecule has 3 nitrogen and oxygen atoms in total. The molecule has 1 N–H and O–H groups in total. The normalized spacial score (nSPS) is 14.8. The van der Waals surface area contributed by atoms with Crippen molar-refractivity contribution in [1.29, 1.82) is 0 Å². The highest BCUT2D eigenvalue weighted by Crippen LogP contribution is 2.12. The van der Waals surface area contributed by atoms with Crippen molar-refractivity contribution in [3.63, 3.8) is 0 Å². The van der Waals surface area contributed by atoms with Crippen molar-refractivity contribution < 1.29 is 9.15 Å². The molecule has 0 aliphatic rings. The summed E-state index contributed by atoms with van der Waals surface area (Å²) in [5.74, 6) is 1.02. The van der Waals surface area contributed by atoms with Crippen LogP contribution in [0.5, 0.6) is 0 Å². The van der Waals surface area contributed by atoms with Gasteiger partial charge in [-0.05, 0) is 38.4 Å². The summed E-state index contributed by atoms with van der Waals surface area (Å²) in [4.78, 5) is 0. The van der Waals surface area contributed by atoms with Crippen molar-refractivity contribution in [3.05, 3.63) is 24.2 Å². The lowest BCUT2D eigenvalue weighted by molar-refractivity contribution is 0.0307. The molecule has 0 aromatic carbocycles. The van der Waals surface area contributed by atoms with Gasteiger partial charge in [0.25, 0.3) is 0 Å². The van der Waals surface area contributed by atoms with E-state index < -0.39 is 0 Å². The van der Waals surface area contributed by atoms with Gasteiger partial charge in [0.1, 0.15) is 5.76 Å². The van der Waals surface area contributed by atoms with E-state index in [1.807, 2.05) is 19.1 Å². The summed E-state index contributed by atoms with van der Waals surface area (Å²) in [6.07, 6.45) is 5.05. The quantitative estimate of drug-likeness (QED) is 0.719. The number of furan rings is 1. The number of hydrogen-bond acceptors (Lipinski definition) is 3. The second-order valence-corrected chi connectivity index (χ2v) is 4.25. The summed E-state index contributed by atoms with van der Waals surface area (Å²) < 4.78 is 11.2. The minimum absolute atomic E-state index is 0.261. The van der Waals surface area contributed by atoms with Gasteiger partial charge in [-0.2, -0.15) is 0 Å². The summed E-state index contributed by atoms with van der Waals surface area (Å²) in [6, 6.07) is 4.30. The molecule has 3 heteroatoms. The van der Waals surface area contributed by atoms with Gasteiger partial charge in [-0.1, -0.05) is 13.8 Å². The van der Waals surface area contributed by atoms with E-state index in [1.165, 1.54) is 0 Å². The van der Waals surface area contributed by atoms with Crippen LogP contribution in [0.2, 0.25) is 0 Å². The summed E-state index contributed by atoms with van der Waals surface area (Å²) in [7, 11) is 0. The zero-order chi connectivity index (χ0) is 12.5. The lowest BCUT2D eigenvalue weighted by atomic mass is 10.0. The van der Waals surface area contributed by atoms with Crippen LogP contribution >= 0.6 is 0 Å². The number of ether oxygens (including phenoxy) is 1. The van der Waals surface area contributed by atoms with Gasteiger partial charge in [-0.25, -0.2) is 0 Å². The Kier molecular flexibility index (Phi) is 6.97. The topological polar surface area (TPSA) is 34.4 Å². The first kappa shape index (κ1) is 14.3. The van der Waals surface area contributed by atoms with E-state index in [4.69, 9.17) is 9.15 Å². The minimum Gasteiger partial charge on any atom is -0.469 e. The van der Waals surface area contributed by atoms with Crippen LogP contribution in [0.25, 0.3) is 0 Å². The van der Waals surface area contributed by atoms with Crippen LogP contribution < -0.4 is 5.32 Å². The molecule has 17 heavy (non-hydrogen) atoms. The van der Waals surface area contributed by atoms with Crippen LogP contribution in [-0.2, 0) is 11.2 Å². The van der Waals surface area contributed by atoms with E-state index >= 15 is 0 Å². The lowest BCUT2D eigenvalue weighted by Gasteiger charge is -2.26. The molecule has 0 spiro atoms. The second kappa shape index (κ2) is 8.31. The Labute approximate surface area is 105 Å². The van der Waals surface area contributed by atoms with Crippen LogP contribution in [0.15, 0.2) is 22.8 Å². The lowest BCUT2D eigenvalue weighted by Crippen LogP contribution is -2.43. The third-order valence-electron chi connectivity index (χ3n) is 2.89. The molecule has 1 heterocycles. The van der Waals surface area contributed by atoms with Crippen LogP contribution in [0.4, 0.5) is 0 Å². The Morgan fingerprint density at radius 1 is 1.35 bits per heavy atom. The van der Waals surface area contributed by atoms with Crippen molar-refractivity contribution in [2.75, 3.05) is 13.2 Å². The summed E-state index contributed by atoms with van der Waals surface area (Å²) in [6.45, 7) is 8.18. The van der Waals surface area contributed by atoms with E-state index in [0.29, 0.717) is 6.04 Å². The molecule has 0 aliphatic carbocycles. The maximum Gasteiger partial charge on any atom is 0.105 e. The molecule has 98 valence electrons. The van der Waals surface area contributed by atoms with E-state index in [1.54, 1.807) is 6.26 Å². The average molecular weight is 239 g/mol. The number of nitrogens with one attached hydrogen (secondary N) is 1. The van der Waals surface area contributed by atoms with Crippen molar-refractivity contribution in [2.45, 2.75) is 52.2 Å². The highest BCUT2D eigenvalue weighted by Gasteiger charge is 2.20. The van der Waals surface area contributed by atoms with Gasteiger partial charge in [-0.15, -0.1) is 0 Å². The van der Waals surface area contributed by atoms with Gasteiger partial charge in [-0.3, -0.25) is 0 Å². The monoisotopic (exact) mass is 239 g/mol. The fourth-order valence-corrected chi connectivity index (χ4v) is 2.04. The average Bonchev–Trinajstić information content (AvgIpc) is 2.84. The smallest absolute Gasteiger partial charge is 0.105 e. The molecular weight excluding hydrogens is 214 g/mol. The Morgan fingerprint density at radius 3 is 2.71 bits per heavy atom. The summed E-state index contributed by atoms with van der Waals surface area (Å²) in [5.41, 5.74) is 0. The summed E-state index contributed by atoms with van der Waals surface area (Å²) >= 11 is 0. The maximum absolute atomic E-state index is 5.79. The van der Waals surface area contributed by atoms with E-state index in [0.717, 1.165) is 38.2 Å². The van der Waals surface area contributed by atoms with Gasteiger partial charge in [0.15, 0.2) is 0 Å². The predicted molar refractivity (Wildman–Crippen MR) is 70.2 cm³/mol. The first-order valence-corrected chi connectivity index (χ1v) is 6.69. The molecular formula is C14H25NO2. The second-order valence-electron chi connectivity index (χ2n) is 4.25. The van der Waals surface area contributed by atoms with Crippen molar-refractivity contribution >= 4 is 0 Å². The predicted octanol–water partition coefficient (Wildman–Crippen LogP) is 3.01. The van der Waals surface area contributed by atoms with Crippen LogP contribution in [0, 0.1) is 0 Å². The molecule has 0 saturated carbocycles. The number of hydrogen-bond donors (Lipinski definition) is 1. The largest absolute Gasteiger partial charge is 0.469 e. The fraction of sp³-hybridized carbons (Fsp3) is 0.714. The van der Waals surface area contributed by atoms with Gasteiger partial charge in [0.05, 0.1) is 12.4 Å². The third-order valence-corrected chi connectivity index (χ3v) is 2.89. The van der Waals surface area contributed by atoms with E-state index in [-0.39, 0.29) is 6.10 Å². The van der Waals surface area contributed by atoms with E-state index in [2.05, 4.69) is 19.2 Å². The Balaban J connectivity index is 2.57. The molecule has 2 unspecified atom stereocenters. The molecule has 1 aromatic heterocycles. The van der Waals surface area contributed by atoms with Gasteiger partial charge >= 0.3 is 0 Å².